The van der Waals surface area contributed by atoms with Crippen LogP contribution in [0, 0.1) is 0 Å². The second kappa shape index (κ2) is 6.70. The number of carbonyl (C=O) groups is 1. The number of amides is 1. The molecule has 0 aliphatic carbocycles. The molecule has 3 heterocycles. The van der Waals surface area contributed by atoms with E-state index in [2.05, 4.69) is 9.97 Å². The van der Waals surface area contributed by atoms with Gasteiger partial charge >= 0.3 is 0 Å². The highest BCUT2D eigenvalue weighted by atomic mass is 32.1. The summed E-state index contributed by atoms with van der Waals surface area (Å²) >= 11 is 1.62. The predicted molar refractivity (Wildman–Crippen MR) is 85.9 cm³/mol. The van der Waals surface area contributed by atoms with Gasteiger partial charge in [-0.1, -0.05) is 6.07 Å². The highest BCUT2D eigenvalue weighted by Gasteiger charge is 2.20. The molecule has 0 N–H and O–H groups in total. The number of nitrogens with zero attached hydrogens (tertiary/aromatic N) is 3. The third-order valence-electron chi connectivity index (χ3n) is 3.68. The molecule has 1 amide bonds. The Morgan fingerprint density at radius 3 is 3.00 bits per heavy atom. The van der Waals surface area contributed by atoms with Gasteiger partial charge in [0.2, 0.25) is 11.8 Å². The molecule has 6 heteroatoms. The standard InChI is InChI=1S/C16H17N3O2S/c1-21-16-13-6-8-19(9-7-14(13)17-11-18-16)15(20)5-4-12-3-2-10-22-12/h2-5,10-11H,6-9H2,1H3/b5-4+. The van der Waals surface area contributed by atoms with Gasteiger partial charge in [-0.25, -0.2) is 9.97 Å². The average Bonchev–Trinajstić information content (AvgIpc) is 2.97. The van der Waals surface area contributed by atoms with Gasteiger partial charge in [0.1, 0.15) is 6.33 Å². The van der Waals surface area contributed by atoms with Crippen LogP contribution in [0.15, 0.2) is 29.9 Å². The lowest BCUT2D eigenvalue weighted by Gasteiger charge is -2.17. The van der Waals surface area contributed by atoms with Crippen LogP contribution in [0.2, 0.25) is 0 Å². The van der Waals surface area contributed by atoms with Gasteiger partial charge in [0, 0.05) is 36.0 Å². The zero-order chi connectivity index (χ0) is 15.4. The van der Waals surface area contributed by atoms with E-state index in [9.17, 15) is 4.79 Å². The maximum atomic E-state index is 12.3. The minimum Gasteiger partial charge on any atom is -0.481 e. The van der Waals surface area contributed by atoms with Crippen molar-refractivity contribution in [2.45, 2.75) is 12.8 Å². The second-order valence-corrected chi connectivity index (χ2v) is 5.96. The van der Waals surface area contributed by atoms with Crippen molar-refractivity contribution in [3.8, 4) is 5.88 Å². The molecule has 0 spiro atoms. The summed E-state index contributed by atoms with van der Waals surface area (Å²) in [6, 6.07) is 3.97. The number of rotatable bonds is 3. The van der Waals surface area contributed by atoms with Crippen molar-refractivity contribution in [3.05, 3.63) is 46.1 Å². The maximum absolute atomic E-state index is 12.3. The summed E-state index contributed by atoms with van der Waals surface area (Å²) in [5, 5.41) is 2.00. The number of hydrogen-bond donors (Lipinski definition) is 0. The largest absolute Gasteiger partial charge is 0.481 e. The van der Waals surface area contributed by atoms with Gasteiger partial charge in [-0.3, -0.25) is 4.79 Å². The molecule has 0 bridgehead atoms. The van der Waals surface area contributed by atoms with E-state index in [1.807, 2.05) is 28.5 Å². The van der Waals surface area contributed by atoms with Crippen LogP contribution in [0.5, 0.6) is 5.88 Å². The van der Waals surface area contributed by atoms with Crippen molar-refractivity contribution >= 4 is 23.3 Å². The molecule has 1 aliphatic rings. The molecular weight excluding hydrogens is 298 g/mol. The minimum atomic E-state index is 0.0353. The van der Waals surface area contributed by atoms with Crippen LogP contribution in [-0.4, -0.2) is 41.0 Å². The molecule has 22 heavy (non-hydrogen) atoms. The van der Waals surface area contributed by atoms with Crippen molar-refractivity contribution < 1.29 is 9.53 Å². The van der Waals surface area contributed by atoms with Crippen LogP contribution in [0.25, 0.3) is 6.08 Å². The lowest BCUT2D eigenvalue weighted by Crippen LogP contribution is -2.31. The summed E-state index contributed by atoms with van der Waals surface area (Å²) in [6.07, 6.45) is 6.48. The lowest BCUT2D eigenvalue weighted by atomic mass is 10.1. The van der Waals surface area contributed by atoms with Crippen LogP contribution in [0.4, 0.5) is 0 Å². The first kappa shape index (κ1) is 14.7. The number of ether oxygens (including phenoxy) is 1. The summed E-state index contributed by atoms with van der Waals surface area (Å²) in [5.41, 5.74) is 1.99. The lowest BCUT2D eigenvalue weighted by molar-refractivity contribution is -0.125. The Hall–Kier alpha value is -2.21. The molecule has 0 aromatic carbocycles. The van der Waals surface area contributed by atoms with Crippen molar-refractivity contribution in [3.63, 3.8) is 0 Å². The van der Waals surface area contributed by atoms with Crippen LogP contribution < -0.4 is 4.74 Å². The Bertz CT molecular complexity index is 683. The van der Waals surface area contributed by atoms with E-state index in [0.29, 0.717) is 19.0 Å². The zero-order valence-electron chi connectivity index (χ0n) is 12.4. The Balaban J connectivity index is 1.70. The van der Waals surface area contributed by atoms with E-state index >= 15 is 0 Å². The van der Waals surface area contributed by atoms with E-state index in [1.54, 1.807) is 24.5 Å². The first-order valence-electron chi connectivity index (χ1n) is 7.15. The van der Waals surface area contributed by atoms with E-state index < -0.39 is 0 Å². The van der Waals surface area contributed by atoms with E-state index in [0.717, 1.165) is 29.0 Å². The molecule has 0 saturated carbocycles. The SMILES string of the molecule is COc1ncnc2c1CCN(C(=O)/C=C/c1cccs1)CC2. The summed E-state index contributed by atoms with van der Waals surface area (Å²) in [5.74, 6) is 0.654. The molecule has 0 radical (unpaired) electrons. The topological polar surface area (TPSA) is 55.3 Å². The van der Waals surface area contributed by atoms with Crippen LogP contribution in [0.3, 0.4) is 0 Å². The van der Waals surface area contributed by atoms with Crippen LogP contribution >= 0.6 is 11.3 Å². The Kier molecular flexibility index (Phi) is 4.48. The third-order valence-corrected chi connectivity index (χ3v) is 4.52. The fourth-order valence-corrected chi connectivity index (χ4v) is 3.16. The summed E-state index contributed by atoms with van der Waals surface area (Å²) in [6.45, 7) is 1.32. The molecule has 3 rings (SSSR count). The molecule has 5 nitrogen and oxygen atoms in total. The van der Waals surface area contributed by atoms with Crippen molar-refractivity contribution in [1.82, 2.24) is 14.9 Å². The highest BCUT2D eigenvalue weighted by Crippen LogP contribution is 2.22. The minimum absolute atomic E-state index is 0.0353. The Morgan fingerprint density at radius 1 is 1.36 bits per heavy atom. The average molecular weight is 315 g/mol. The number of carbonyl (C=O) groups excluding carboxylic acids is 1. The monoisotopic (exact) mass is 315 g/mol. The van der Waals surface area contributed by atoms with E-state index in [4.69, 9.17) is 4.74 Å². The molecule has 2 aromatic heterocycles. The smallest absolute Gasteiger partial charge is 0.246 e. The summed E-state index contributed by atoms with van der Waals surface area (Å²) < 4.78 is 5.29. The van der Waals surface area contributed by atoms with Gasteiger partial charge in [0.25, 0.3) is 0 Å². The van der Waals surface area contributed by atoms with Crippen LogP contribution in [-0.2, 0) is 17.6 Å². The van der Waals surface area contributed by atoms with Crippen LogP contribution in [0.1, 0.15) is 16.1 Å². The predicted octanol–water partition coefficient (Wildman–Crippen LogP) is 2.19. The number of methoxy groups -OCH3 is 1. The molecule has 0 atom stereocenters. The molecule has 0 fully saturated rings. The number of fused-ring (bicyclic) bond motifs is 1. The first-order valence-corrected chi connectivity index (χ1v) is 8.03. The fourth-order valence-electron chi connectivity index (χ4n) is 2.54. The summed E-state index contributed by atoms with van der Waals surface area (Å²) in [7, 11) is 1.61. The van der Waals surface area contributed by atoms with Gasteiger partial charge < -0.3 is 9.64 Å². The van der Waals surface area contributed by atoms with Gasteiger partial charge in [-0.2, -0.15) is 0 Å². The van der Waals surface area contributed by atoms with E-state index in [1.165, 1.54) is 6.33 Å². The third kappa shape index (κ3) is 3.17. The molecular formula is C16H17N3O2S. The van der Waals surface area contributed by atoms with Gasteiger partial charge in [0.05, 0.1) is 12.8 Å². The quantitative estimate of drug-likeness (QED) is 0.815. The summed E-state index contributed by atoms with van der Waals surface area (Å²) in [4.78, 5) is 23.7. The fraction of sp³-hybridized carbons (Fsp3) is 0.312. The van der Waals surface area contributed by atoms with Crippen molar-refractivity contribution in [1.29, 1.82) is 0 Å². The normalized spacial score (nSPS) is 14.7. The van der Waals surface area contributed by atoms with E-state index in [-0.39, 0.29) is 5.91 Å². The molecule has 114 valence electrons. The number of aromatic nitrogens is 2. The molecule has 1 aliphatic heterocycles. The molecule has 0 saturated heterocycles. The first-order chi connectivity index (χ1) is 10.8. The highest BCUT2D eigenvalue weighted by molar-refractivity contribution is 7.10. The van der Waals surface area contributed by atoms with Gasteiger partial charge in [0.15, 0.2) is 0 Å². The maximum Gasteiger partial charge on any atom is 0.246 e. The van der Waals surface area contributed by atoms with Crippen molar-refractivity contribution in [2.24, 2.45) is 0 Å². The second-order valence-electron chi connectivity index (χ2n) is 4.98. The van der Waals surface area contributed by atoms with Gasteiger partial charge in [-0.05, 0) is 23.9 Å². The Morgan fingerprint density at radius 2 is 2.23 bits per heavy atom. The Labute approximate surface area is 133 Å². The molecule has 2 aromatic rings. The van der Waals surface area contributed by atoms with Gasteiger partial charge in [-0.15, -0.1) is 11.3 Å². The molecule has 0 unspecified atom stereocenters. The van der Waals surface area contributed by atoms with Crippen molar-refractivity contribution in [2.75, 3.05) is 20.2 Å². The number of hydrogen-bond acceptors (Lipinski definition) is 5. The zero-order valence-corrected chi connectivity index (χ0v) is 13.2. The number of thiophene rings is 1.